The SMILES string of the molecule is CC.CC/C1=C/CCC(C(=O)OC)c2[nH]c3ccc(C(C)=O)cc3c2CN(C)C1.COc1ccc2c(c1)N(C)C1C(N)C(OC(C)=O)C3C=CCN4CC[C@]21C34. The molecule has 1 saturated heterocycles. The molecule has 0 radical (unpaired) electrons. The van der Waals surface area contributed by atoms with Gasteiger partial charge in [-0.25, -0.2) is 0 Å². The van der Waals surface area contributed by atoms with Crippen molar-refractivity contribution in [3.05, 3.63) is 82.6 Å². The zero-order chi connectivity index (χ0) is 40.5. The lowest BCUT2D eigenvalue weighted by atomic mass is 9.58. The van der Waals surface area contributed by atoms with Crippen LogP contribution in [-0.4, -0.2) is 105 Å². The number of aromatic amines is 1. The maximum absolute atomic E-state index is 12.5. The number of nitrogens with one attached hydrogen (secondary N) is 1. The predicted octanol–water partition coefficient (Wildman–Crippen LogP) is 6.50. The number of carbonyl (C=O) groups excluding carboxylic acids is 3. The van der Waals surface area contributed by atoms with Crippen molar-refractivity contribution in [3.8, 4) is 5.75 Å². The minimum absolute atomic E-state index is 0.0398. The van der Waals surface area contributed by atoms with Gasteiger partial charge in [0.2, 0.25) is 0 Å². The third kappa shape index (κ3) is 7.18. The number of benzene rings is 2. The standard InChI is InChI=1S/C22H28N2O3.C21H27N3O3.C2H6/c1-5-15-7-6-8-17(22(26)27-4)21-19(13-24(3)12-15)18-11-16(14(2)25)9-10-20(18)23-21;1-12(25)27-18-14-5-4-9-24-10-8-21(19(14)24)15-7-6-13(26-3)11-16(15)23(2)20(21)17(18)22;1-2/h7,9-11,17,23H,5-6,8,12-13H2,1-4H3;4-7,11,14,17-20H,8-10,22H2,1-3H3;1-2H3/b15-7-;;/t;14?,17?,18?,19?,20?,21-;/m.1./s1. The van der Waals surface area contributed by atoms with E-state index in [0.717, 1.165) is 66.8 Å². The van der Waals surface area contributed by atoms with E-state index in [4.69, 9.17) is 19.9 Å². The van der Waals surface area contributed by atoms with Crippen molar-refractivity contribution in [2.24, 2.45) is 11.7 Å². The molecule has 5 heterocycles. The first-order valence-electron chi connectivity index (χ1n) is 20.3. The van der Waals surface area contributed by atoms with Gasteiger partial charge in [0.25, 0.3) is 0 Å². The zero-order valence-corrected chi connectivity index (χ0v) is 34.7. The van der Waals surface area contributed by atoms with Crippen molar-refractivity contribution in [2.45, 2.75) is 102 Å². The Morgan fingerprint density at radius 2 is 1.79 bits per heavy atom. The second kappa shape index (κ2) is 17.0. The van der Waals surface area contributed by atoms with E-state index in [1.807, 2.05) is 32.0 Å². The summed E-state index contributed by atoms with van der Waals surface area (Å²) < 4.78 is 16.4. The van der Waals surface area contributed by atoms with Crippen LogP contribution >= 0.6 is 0 Å². The van der Waals surface area contributed by atoms with Crippen molar-refractivity contribution in [2.75, 3.05) is 52.8 Å². The maximum atomic E-state index is 12.5. The Morgan fingerprint density at radius 3 is 2.46 bits per heavy atom. The Hall–Kier alpha value is -4.45. The number of allylic oxidation sites excluding steroid dienone is 1. The third-order valence-electron chi connectivity index (χ3n) is 12.7. The first kappa shape index (κ1) is 41.2. The molecular weight excluding hydrogens is 707 g/mol. The fraction of sp³-hybridized carbons (Fsp3) is 0.533. The van der Waals surface area contributed by atoms with E-state index < -0.39 is 0 Å². The highest BCUT2D eigenvalue weighted by atomic mass is 16.5. The largest absolute Gasteiger partial charge is 0.497 e. The number of likely N-dealkylation sites (N-methyl/N-ethyl adjacent to an activating group) is 2. The molecular formula is C45H61N5O6. The van der Waals surface area contributed by atoms with E-state index in [0.29, 0.717) is 24.6 Å². The number of methoxy groups -OCH3 is 2. The molecule has 1 saturated carbocycles. The second-order valence-corrected chi connectivity index (χ2v) is 15.7. The van der Waals surface area contributed by atoms with E-state index >= 15 is 0 Å². The van der Waals surface area contributed by atoms with Gasteiger partial charge in [-0.2, -0.15) is 0 Å². The highest BCUT2D eigenvalue weighted by Gasteiger charge is 2.68. The van der Waals surface area contributed by atoms with Crippen LogP contribution in [-0.2, 0) is 31.0 Å². The molecule has 4 aliphatic heterocycles. The number of anilines is 1. The van der Waals surface area contributed by atoms with Gasteiger partial charge in [0.15, 0.2) is 5.78 Å². The number of nitrogens with two attached hydrogens (primary N) is 1. The van der Waals surface area contributed by atoms with E-state index in [2.05, 4.69) is 77.1 Å². The van der Waals surface area contributed by atoms with Crippen LogP contribution in [0.15, 0.2) is 60.2 Å². The van der Waals surface area contributed by atoms with Gasteiger partial charge in [0.1, 0.15) is 11.9 Å². The molecule has 11 nitrogen and oxygen atoms in total. The summed E-state index contributed by atoms with van der Waals surface area (Å²) in [5.41, 5.74) is 14.4. The Balaban J connectivity index is 0.000000182. The van der Waals surface area contributed by atoms with Gasteiger partial charge in [-0.15, -0.1) is 0 Å². The first-order valence-corrected chi connectivity index (χ1v) is 20.3. The molecule has 1 aliphatic carbocycles. The lowest BCUT2D eigenvalue weighted by Gasteiger charge is -2.55. The van der Waals surface area contributed by atoms with Gasteiger partial charge in [-0.1, -0.05) is 50.6 Å². The van der Waals surface area contributed by atoms with Gasteiger partial charge in [-0.3, -0.25) is 24.2 Å². The van der Waals surface area contributed by atoms with Crippen molar-refractivity contribution in [3.63, 3.8) is 0 Å². The molecule has 8 rings (SSSR count). The van der Waals surface area contributed by atoms with Crippen LogP contribution in [0.5, 0.6) is 5.75 Å². The summed E-state index contributed by atoms with van der Waals surface area (Å²) in [6, 6.07) is 12.3. The van der Waals surface area contributed by atoms with E-state index in [9.17, 15) is 14.4 Å². The Morgan fingerprint density at radius 1 is 1.02 bits per heavy atom. The average molecular weight is 768 g/mol. The monoisotopic (exact) mass is 767 g/mol. The molecule has 11 heteroatoms. The number of esters is 2. The van der Waals surface area contributed by atoms with Crippen molar-refractivity contribution in [1.29, 1.82) is 0 Å². The molecule has 0 amide bonds. The molecule has 5 aliphatic rings. The molecule has 1 spiro atoms. The quantitative estimate of drug-likeness (QED) is 0.169. The van der Waals surface area contributed by atoms with Crippen LogP contribution in [0.1, 0.15) is 93.4 Å². The summed E-state index contributed by atoms with van der Waals surface area (Å²) in [7, 11) is 7.35. The summed E-state index contributed by atoms with van der Waals surface area (Å²) in [4.78, 5) is 46.8. The van der Waals surface area contributed by atoms with Gasteiger partial charge in [-0.05, 0) is 81.6 Å². The highest BCUT2D eigenvalue weighted by molar-refractivity contribution is 5.99. The number of rotatable bonds is 5. The van der Waals surface area contributed by atoms with Gasteiger partial charge in [0, 0.05) is 84.9 Å². The normalized spacial score (nSPS) is 28.8. The van der Waals surface area contributed by atoms with Crippen LogP contribution in [0.3, 0.4) is 0 Å². The summed E-state index contributed by atoms with van der Waals surface area (Å²) in [6.45, 7) is 12.8. The number of nitrogens with zero attached hydrogens (tertiary/aromatic N) is 3. The first-order chi connectivity index (χ1) is 26.9. The van der Waals surface area contributed by atoms with Crippen molar-refractivity contribution >= 4 is 34.3 Å². The Bertz CT molecular complexity index is 2000. The number of hydrogen-bond donors (Lipinski definition) is 2. The number of aromatic nitrogens is 1. The van der Waals surface area contributed by atoms with Gasteiger partial charge < -0.3 is 29.8 Å². The lowest BCUT2D eigenvalue weighted by molar-refractivity contribution is -0.154. The van der Waals surface area contributed by atoms with Crippen LogP contribution < -0.4 is 15.4 Å². The number of hydrogen-bond acceptors (Lipinski definition) is 10. The average Bonchev–Trinajstić information content (AvgIpc) is 3.84. The number of carbonyl (C=O) groups is 3. The minimum Gasteiger partial charge on any atom is -0.497 e. The van der Waals surface area contributed by atoms with Crippen LogP contribution in [0.25, 0.3) is 10.9 Å². The Kier molecular flexibility index (Phi) is 12.5. The lowest BCUT2D eigenvalue weighted by Crippen LogP contribution is -2.72. The smallest absolute Gasteiger partial charge is 0.314 e. The topological polar surface area (TPSA) is 130 Å². The molecule has 302 valence electrons. The third-order valence-corrected chi connectivity index (χ3v) is 12.7. The maximum Gasteiger partial charge on any atom is 0.314 e. The molecule has 3 aromatic rings. The highest BCUT2D eigenvalue weighted by Crippen LogP contribution is 2.60. The molecule has 2 aromatic carbocycles. The number of ketones is 1. The Labute approximate surface area is 332 Å². The zero-order valence-electron chi connectivity index (χ0n) is 34.7. The van der Waals surface area contributed by atoms with E-state index in [1.165, 1.54) is 30.9 Å². The molecule has 7 atom stereocenters. The van der Waals surface area contributed by atoms with E-state index in [1.54, 1.807) is 14.0 Å². The van der Waals surface area contributed by atoms with Gasteiger partial charge >= 0.3 is 11.9 Å². The summed E-state index contributed by atoms with van der Waals surface area (Å²) in [5.74, 6) is 0.212. The molecule has 2 fully saturated rings. The predicted molar refractivity (Wildman–Crippen MR) is 221 cm³/mol. The van der Waals surface area contributed by atoms with Crippen LogP contribution in [0.2, 0.25) is 0 Å². The van der Waals surface area contributed by atoms with E-state index in [-0.39, 0.29) is 53.2 Å². The van der Waals surface area contributed by atoms with Crippen LogP contribution in [0.4, 0.5) is 5.69 Å². The molecule has 1 aromatic heterocycles. The minimum atomic E-state index is -0.334. The molecule has 3 N–H and O–H groups in total. The summed E-state index contributed by atoms with van der Waals surface area (Å²) in [5, 5.41) is 1.01. The number of fused-ring (bicyclic) bond motifs is 4. The fourth-order valence-electron chi connectivity index (χ4n) is 10.4. The number of ether oxygens (including phenoxy) is 3. The molecule has 56 heavy (non-hydrogen) atoms. The molecule has 0 bridgehead atoms. The fourth-order valence-corrected chi connectivity index (χ4v) is 10.4. The van der Waals surface area contributed by atoms with Crippen molar-refractivity contribution < 1.29 is 28.6 Å². The summed E-state index contributed by atoms with van der Waals surface area (Å²) in [6.07, 6.45) is 10.0. The second-order valence-electron chi connectivity index (χ2n) is 15.7. The number of Topliss-reactive ketones (excluding diaryl/α,β-unsaturated/α-hetero) is 1. The summed E-state index contributed by atoms with van der Waals surface area (Å²) >= 11 is 0. The van der Waals surface area contributed by atoms with Crippen LogP contribution in [0, 0.1) is 5.92 Å². The molecule has 6 unspecified atom stereocenters. The van der Waals surface area contributed by atoms with Crippen molar-refractivity contribution in [1.82, 2.24) is 14.8 Å². The van der Waals surface area contributed by atoms with Gasteiger partial charge in [0.05, 0.1) is 32.2 Å². The number of H-pyrrole nitrogens is 1.